The largest absolute Gasteiger partial charge is 0.485 e. The second kappa shape index (κ2) is 9.90. The van der Waals surface area contributed by atoms with Crippen LogP contribution in [0.3, 0.4) is 0 Å². The number of allylic oxidation sites excluding steroid dienone is 1. The molecule has 0 radical (unpaired) electrons. The number of thiazole rings is 1. The van der Waals surface area contributed by atoms with Crippen molar-refractivity contribution in [3.8, 4) is 27.8 Å². The van der Waals surface area contributed by atoms with Crippen LogP contribution in [0.1, 0.15) is 22.6 Å². The second-order valence-electron chi connectivity index (χ2n) is 7.86. The van der Waals surface area contributed by atoms with Gasteiger partial charge in [-0.3, -0.25) is 4.57 Å². The quantitative estimate of drug-likeness (QED) is 0.216. The first-order valence-electron chi connectivity index (χ1n) is 10.8. The van der Waals surface area contributed by atoms with Crippen LogP contribution in [0.15, 0.2) is 59.6 Å². The van der Waals surface area contributed by atoms with E-state index in [4.69, 9.17) is 19.2 Å². The highest BCUT2D eigenvalue weighted by Crippen LogP contribution is 2.37. The summed E-state index contributed by atoms with van der Waals surface area (Å²) in [6, 6.07) is 12.1. The summed E-state index contributed by atoms with van der Waals surface area (Å²) < 4.78 is 18.9. The number of ether oxygens (including phenoxy) is 3. The predicted molar refractivity (Wildman–Crippen MR) is 134 cm³/mol. The molecule has 174 valence electrons. The lowest BCUT2D eigenvalue weighted by Gasteiger charge is -2.11. The van der Waals surface area contributed by atoms with Crippen LogP contribution in [-0.2, 0) is 18.9 Å². The Morgan fingerprint density at radius 1 is 1.15 bits per heavy atom. The molecule has 0 saturated carbocycles. The van der Waals surface area contributed by atoms with Gasteiger partial charge in [0.2, 0.25) is 6.79 Å². The third-order valence-electron chi connectivity index (χ3n) is 5.31. The van der Waals surface area contributed by atoms with E-state index >= 15 is 0 Å². The first-order chi connectivity index (χ1) is 16.6. The molecule has 7 nitrogen and oxygen atoms in total. The minimum absolute atomic E-state index is 0.265. The van der Waals surface area contributed by atoms with E-state index in [1.54, 1.807) is 23.1 Å². The van der Waals surface area contributed by atoms with Gasteiger partial charge >= 0.3 is 0 Å². The Labute approximate surface area is 206 Å². The van der Waals surface area contributed by atoms with Crippen LogP contribution in [-0.4, -0.2) is 26.5 Å². The van der Waals surface area contributed by atoms with Gasteiger partial charge in [0.05, 0.1) is 5.69 Å². The summed E-state index contributed by atoms with van der Waals surface area (Å²) in [6.45, 7) is 9.22. The number of rotatable bonds is 9. The Bertz CT molecular complexity index is 1330. The summed E-state index contributed by atoms with van der Waals surface area (Å²) in [5.41, 5.74) is 4.32. The average molecular weight is 493 g/mol. The van der Waals surface area contributed by atoms with Gasteiger partial charge in [0.25, 0.3) is 0 Å². The van der Waals surface area contributed by atoms with Crippen molar-refractivity contribution in [1.82, 2.24) is 19.7 Å². The van der Waals surface area contributed by atoms with Gasteiger partial charge in [-0.1, -0.05) is 35.5 Å². The number of nitrogens with zero attached hydrogens (tertiary/aromatic N) is 4. The van der Waals surface area contributed by atoms with E-state index in [9.17, 15) is 0 Å². The van der Waals surface area contributed by atoms with Gasteiger partial charge in [-0.15, -0.1) is 28.1 Å². The van der Waals surface area contributed by atoms with Crippen LogP contribution in [0.5, 0.6) is 17.2 Å². The maximum atomic E-state index is 6.03. The van der Waals surface area contributed by atoms with Gasteiger partial charge < -0.3 is 14.2 Å². The Hall–Kier alpha value is -3.30. The van der Waals surface area contributed by atoms with E-state index in [0.717, 1.165) is 50.1 Å². The highest BCUT2D eigenvalue weighted by atomic mass is 32.2. The molecule has 2 aromatic heterocycles. The summed E-state index contributed by atoms with van der Waals surface area (Å²) in [4.78, 5) is 4.80. The minimum Gasteiger partial charge on any atom is -0.485 e. The molecule has 3 heterocycles. The van der Waals surface area contributed by atoms with Crippen molar-refractivity contribution in [2.75, 3.05) is 6.79 Å². The lowest BCUT2D eigenvalue weighted by atomic mass is 10.1. The van der Waals surface area contributed by atoms with E-state index in [0.29, 0.717) is 18.9 Å². The number of aryl methyl sites for hydroxylation is 2. The lowest BCUT2D eigenvalue weighted by molar-refractivity contribution is 0.174. The second-order valence-corrected chi connectivity index (χ2v) is 9.66. The van der Waals surface area contributed by atoms with Gasteiger partial charge in [0, 0.05) is 23.2 Å². The molecule has 4 aromatic rings. The molecule has 0 unspecified atom stereocenters. The average Bonchev–Trinajstić information content (AvgIpc) is 3.57. The van der Waals surface area contributed by atoms with Crippen LogP contribution in [0.2, 0.25) is 0 Å². The van der Waals surface area contributed by atoms with E-state index in [-0.39, 0.29) is 6.79 Å². The monoisotopic (exact) mass is 492 g/mol. The first kappa shape index (κ1) is 22.5. The fraction of sp³-hybridized carbons (Fsp3) is 0.240. The summed E-state index contributed by atoms with van der Waals surface area (Å²) >= 11 is 3.21. The third kappa shape index (κ3) is 4.80. The molecule has 1 aliphatic heterocycles. The van der Waals surface area contributed by atoms with Crippen molar-refractivity contribution in [2.45, 2.75) is 37.9 Å². The van der Waals surface area contributed by atoms with Gasteiger partial charge in [0.15, 0.2) is 22.5 Å². The fourth-order valence-electron chi connectivity index (χ4n) is 3.62. The minimum atomic E-state index is 0.265. The van der Waals surface area contributed by atoms with E-state index in [1.807, 2.05) is 47.9 Å². The van der Waals surface area contributed by atoms with Gasteiger partial charge in [-0.2, -0.15) is 0 Å². The molecule has 0 saturated heterocycles. The van der Waals surface area contributed by atoms with Gasteiger partial charge in [0.1, 0.15) is 17.4 Å². The number of fused-ring (bicyclic) bond motifs is 1. The highest BCUT2D eigenvalue weighted by molar-refractivity contribution is 7.98. The van der Waals surface area contributed by atoms with E-state index in [2.05, 4.69) is 35.1 Å². The molecule has 0 spiro atoms. The summed E-state index contributed by atoms with van der Waals surface area (Å²) in [7, 11) is 0. The molecule has 0 amide bonds. The van der Waals surface area contributed by atoms with Gasteiger partial charge in [-0.25, -0.2) is 4.98 Å². The molecule has 2 aromatic carbocycles. The number of hydrogen-bond acceptors (Lipinski definition) is 8. The molecule has 0 N–H and O–H groups in total. The maximum Gasteiger partial charge on any atom is 0.231 e. The molecule has 0 atom stereocenters. The molecule has 5 rings (SSSR count). The lowest BCUT2D eigenvalue weighted by Crippen LogP contribution is -2.08. The van der Waals surface area contributed by atoms with Crippen molar-refractivity contribution >= 4 is 23.1 Å². The molecular weight excluding hydrogens is 468 g/mol. The zero-order valence-electron chi connectivity index (χ0n) is 19.0. The Morgan fingerprint density at radius 2 is 2.03 bits per heavy atom. The summed E-state index contributed by atoms with van der Waals surface area (Å²) in [5, 5.41) is 12.6. The maximum absolute atomic E-state index is 6.03. The van der Waals surface area contributed by atoms with Crippen LogP contribution < -0.4 is 14.2 Å². The molecular formula is C25H24N4O3S2. The molecule has 9 heteroatoms. The van der Waals surface area contributed by atoms with Crippen molar-refractivity contribution in [2.24, 2.45) is 0 Å². The fourth-order valence-corrected chi connectivity index (χ4v) is 5.40. The highest BCUT2D eigenvalue weighted by Gasteiger charge is 2.17. The summed E-state index contributed by atoms with van der Waals surface area (Å²) in [5.74, 6) is 3.84. The molecule has 1 aliphatic rings. The smallest absolute Gasteiger partial charge is 0.231 e. The van der Waals surface area contributed by atoms with Crippen molar-refractivity contribution < 1.29 is 14.2 Å². The van der Waals surface area contributed by atoms with E-state index in [1.165, 1.54) is 5.56 Å². The number of hydrogen-bond donors (Lipinski definition) is 0. The topological polar surface area (TPSA) is 71.3 Å². The van der Waals surface area contributed by atoms with E-state index < -0.39 is 0 Å². The molecule has 0 aliphatic carbocycles. The first-order valence-corrected chi connectivity index (χ1v) is 12.7. The van der Waals surface area contributed by atoms with Crippen molar-refractivity contribution in [3.05, 3.63) is 77.1 Å². The van der Waals surface area contributed by atoms with Crippen molar-refractivity contribution in [1.29, 1.82) is 0 Å². The Balaban J connectivity index is 1.26. The standard InChI is InChI=1S/C25H24N4O3S2/c1-4-9-29-23(12-30-20-7-5-16(2)10-17(20)3)27-28-25(29)34-14-19-13-33-24(26-19)18-6-8-21-22(11-18)32-15-31-21/h4-8,10-11,13H,1,9,12,14-15H2,2-3H3. The Morgan fingerprint density at radius 3 is 2.88 bits per heavy atom. The van der Waals surface area contributed by atoms with Crippen LogP contribution >= 0.6 is 23.1 Å². The predicted octanol–water partition coefficient (Wildman–Crippen LogP) is 5.80. The molecule has 34 heavy (non-hydrogen) atoms. The van der Waals surface area contributed by atoms with Crippen LogP contribution in [0.4, 0.5) is 0 Å². The normalized spacial score (nSPS) is 12.2. The number of thioether (sulfide) groups is 1. The molecule has 0 fully saturated rings. The number of aromatic nitrogens is 4. The third-order valence-corrected chi connectivity index (χ3v) is 7.25. The summed E-state index contributed by atoms with van der Waals surface area (Å²) in [6.07, 6.45) is 1.84. The van der Waals surface area contributed by atoms with Crippen molar-refractivity contribution in [3.63, 3.8) is 0 Å². The number of benzene rings is 2. The SMILES string of the molecule is C=CCn1c(COc2ccc(C)cc2C)nnc1SCc1csc(-c2ccc3c(c2)OCO3)n1. The zero-order valence-corrected chi connectivity index (χ0v) is 20.6. The van der Waals surface area contributed by atoms with Crippen LogP contribution in [0.25, 0.3) is 10.6 Å². The zero-order chi connectivity index (χ0) is 23.5. The Kier molecular flexibility index (Phi) is 6.55. The van der Waals surface area contributed by atoms with Gasteiger partial charge in [-0.05, 0) is 43.7 Å². The molecule has 0 bridgehead atoms. The van der Waals surface area contributed by atoms with Crippen LogP contribution in [0, 0.1) is 13.8 Å².